The number of aryl methyl sites for hydroxylation is 1. The lowest BCUT2D eigenvalue weighted by Gasteiger charge is -2.27. The maximum absolute atomic E-state index is 4.50. The molecular formula is C18H24N4. The lowest BCUT2D eigenvalue weighted by atomic mass is 9.99. The molecule has 4 rings (SSSR count). The van der Waals surface area contributed by atoms with Gasteiger partial charge < -0.3 is 9.88 Å². The fourth-order valence-corrected chi connectivity index (χ4v) is 3.69. The first-order chi connectivity index (χ1) is 10.8. The number of hydrogen-bond donors (Lipinski definition) is 1. The van der Waals surface area contributed by atoms with Crippen LogP contribution in [-0.4, -0.2) is 34.1 Å². The van der Waals surface area contributed by atoms with Crippen molar-refractivity contribution in [2.75, 3.05) is 19.6 Å². The van der Waals surface area contributed by atoms with E-state index in [-0.39, 0.29) is 0 Å². The molecule has 0 saturated heterocycles. The first-order valence-corrected chi connectivity index (χ1v) is 8.32. The van der Waals surface area contributed by atoms with Crippen LogP contribution in [-0.2, 0) is 39.4 Å². The van der Waals surface area contributed by atoms with E-state index in [1.165, 1.54) is 22.5 Å². The Morgan fingerprint density at radius 3 is 2.91 bits per heavy atom. The number of nitrogens with one attached hydrogen (secondary N) is 1. The molecule has 2 aromatic rings. The van der Waals surface area contributed by atoms with Gasteiger partial charge in [0.15, 0.2) is 0 Å². The van der Waals surface area contributed by atoms with Crippen molar-refractivity contribution in [3.63, 3.8) is 0 Å². The van der Waals surface area contributed by atoms with Gasteiger partial charge in [0.2, 0.25) is 0 Å². The summed E-state index contributed by atoms with van der Waals surface area (Å²) < 4.78 is 2.17. The van der Waals surface area contributed by atoms with Crippen LogP contribution >= 0.6 is 0 Å². The zero-order valence-electron chi connectivity index (χ0n) is 13.3. The van der Waals surface area contributed by atoms with Crippen LogP contribution in [0.3, 0.4) is 0 Å². The van der Waals surface area contributed by atoms with Crippen molar-refractivity contribution in [2.24, 2.45) is 7.05 Å². The molecule has 1 aromatic heterocycles. The van der Waals surface area contributed by atoms with Crippen LogP contribution in [0, 0.1) is 0 Å². The summed E-state index contributed by atoms with van der Waals surface area (Å²) in [5.74, 6) is 0. The van der Waals surface area contributed by atoms with Crippen molar-refractivity contribution < 1.29 is 0 Å². The van der Waals surface area contributed by atoms with Crippen LogP contribution in [0.1, 0.15) is 28.1 Å². The second kappa shape index (κ2) is 5.86. The maximum Gasteiger partial charge on any atom is 0.0949 e. The van der Waals surface area contributed by atoms with Gasteiger partial charge in [-0.2, -0.15) is 0 Å². The van der Waals surface area contributed by atoms with Crippen LogP contribution in [0.2, 0.25) is 0 Å². The molecule has 22 heavy (non-hydrogen) atoms. The average molecular weight is 296 g/mol. The number of rotatable bonds is 2. The SMILES string of the molecule is Cn1cnc2c1CN(Cc1ccc3c(c1)CCNCC3)CC2. The average Bonchev–Trinajstić information content (AvgIpc) is 2.75. The predicted octanol–water partition coefficient (Wildman–Crippen LogP) is 1.67. The fraction of sp³-hybridized carbons (Fsp3) is 0.500. The lowest BCUT2D eigenvalue weighted by molar-refractivity contribution is 0.238. The molecule has 0 unspecified atom stereocenters. The molecule has 0 bridgehead atoms. The standard InChI is InChI=1S/C18H24N4/c1-21-13-20-17-6-9-22(12-18(17)21)11-14-2-3-15-4-7-19-8-5-16(15)10-14/h2-3,10,13,19H,4-9,11-12H2,1H3. The summed E-state index contributed by atoms with van der Waals surface area (Å²) in [5.41, 5.74) is 7.19. The Morgan fingerprint density at radius 2 is 2.00 bits per heavy atom. The molecule has 0 spiro atoms. The fourth-order valence-electron chi connectivity index (χ4n) is 3.69. The summed E-state index contributed by atoms with van der Waals surface area (Å²) in [6.07, 6.45) is 5.35. The van der Waals surface area contributed by atoms with Gasteiger partial charge in [0.05, 0.1) is 17.7 Å². The zero-order valence-corrected chi connectivity index (χ0v) is 13.3. The van der Waals surface area contributed by atoms with Crippen molar-refractivity contribution in [1.82, 2.24) is 19.8 Å². The van der Waals surface area contributed by atoms with Gasteiger partial charge in [-0.05, 0) is 42.6 Å². The van der Waals surface area contributed by atoms with Crippen molar-refractivity contribution in [3.8, 4) is 0 Å². The molecule has 0 saturated carbocycles. The van der Waals surface area contributed by atoms with Crippen LogP contribution in [0.4, 0.5) is 0 Å². The summed E-state index contributed by atoms with van der Waals surface area (Å²) in [7, 11) is 2.10. The Hall–Kier alpha value is -1.65. The molecule has 0 fully saturated rings. The molecule has 4 heteroatoms. The Labute approximate surface area is 132 Å². The van der Waals surface area contributed by atoms with Crippen LogP contribution in [0.15, 0.2) is 24.5 Å². The van der Waals surface area contributed by atoms with Crippen molar-refractivity contribution >= 4 is 0 Å². The molecule has 0 aliphatic carbocycles. The number of nitrogens with zero attached hydrogens (tertiary/aromatic N) is 3. The Balaban J connectivity index is 1.50. The first-order valence-electron chi connectivity index (χ1n) is 8.32. The van der Waals surface area contributed by atoms with E-state index in [0.717, 1.165) is 52.0 Å². The zero-order chi connectivity index (χ0) is 14.9. The van der Waals surface area contributed by atoms with E-state index in [0.29, 0.717) is 0 Å². The molecule has 116 valence electrons. The molecular weight excluding hydrogens is 272 g/mol. The number of hydrogen-bond acceptors (Lipinski definition) is 3. The third kappa shape index (κ3) is 2.69. The molecule has 1 N–H and O–H groups in total. The van der Waals surface area contributed by atoms with Gasteiger partial charge in [0, 0.05) is 33.1 Å². The molecule has 3 heterocycles. The Bertz CT molecular complexity index is 674. The smallest absolute Gasteiger partial charge is 0.0949 e. The summed E-state index contributed by atoms with van der Waals surface area (Å²) in [4.78, 5) is 7.04. The third-order valence-electron chi connectivity index (χ3n) is 5.00. The molecule has 0 amide bonds. The maximum atomic E-state index is 4.50. The second-order valence-electron chi connectivity index (χ2n) is 6.56. The minimum Gasteiger partial charge on any atom is -0.336 e. The van der Waals surface area contributed by atoms with E-state index in [2.05, 4.69) is 45.0 Å². The van der Waals surface area contributed by atoms with E-state index >= 15 is 0 Å². The van der Waals surface area contributed by atoms with Gasteiger partial charge in [-0.1, -0.05) is 18.2 Å². The molecule has 1 aromatic carbocycles. The van der Waals surface area contributed by atoms with E-state index in [4.69, 9.17) is 0 Å². The van der Waals surface area contributed by atoms with Gasteiger partial charge >= 0.3 is 0 Å². The second-order valence-corrected chi connectivity index (χ2v) is 6.56. The molecule has 2 aliphatic heterocycles. The molecule has 4 nitrogen and oxygen atoms in total. The first kappa shape index (κ1) is 14.0. The summed E-state index contributed by atoms with van der Waals surface area (Å²) in [6.45, 7) is 5.40. The topological polar surface area (TPSA) is 33.1 Å². The minimum atomic E-state index is 1.02. The van der Waals surface area contributed by atoms with Gasteiger partial charge in [0.25, 0.3) is 0 Å². The highest BCUT2D eigenvalue weighted by atomic mass is 15.2. The predicted molar refractivity (Wildman–Crippen MR) is 87.7 cm³/mol. The highest BCUT2D eigenvalue weighted by Crippen LogP contribution is 2.21. The Morgan fingerprint density at radius 1 is 1.14 bits per heavy atom. The van der Waals surface area contributed by atoms with Crippen molar-refractivity contribution in [1.29, 1.82) is 0 Å². The summed E-state index contributed by atoms with van der Waals surface area (Å²) in [6, 6.07) is 7.10. The number of aromatic nitrogens is 2. The quantitative estimate of drug-likeness (QED) is 0.915. The largest absolute Gasteiger partial charge is 0.336 e. The van der Waals surface area contributed by atoms with Crippen LogP contribution < -0.4 is 5.32 Å². The van der Waals surface area contributed by atoms with Crippen LogP contribution in [0.5, 0.6) is 0 Å². The van der Waals surface area contributed by atoms with Crippen molar-refractivity contribution in [2.45, 2.75) is 32.4 Å². The van der Waals surface area contributed by atoms with E-state index in [1.54, 1.807) is 5.56 Å². The summed E-state index contributed by atoms with van der Waals surface area (Å²) in [5, 5.41) is 3.49. The Kier molecular flexibility index (Phi) is 3.72. The van der Waals surface area contributed by atoms with Gasteiger partial charge in [-0.3, -0.25) is 4.90 Å². The highest BCUT2D eigenvalue weighted by molar-refractivity contribution is 5.33. The normalized spacial score (nSPS) is 18.6. The highest BCUT2D eigenvalue weighted by Gasteiger charge is 2.20. The number of fused-ring (bicyclic) bond motifs is 2. The molecule has 0 atom stereocenters. The van der Waals surface area contributed by atoms with E-state index < -0.39 is 0 Å². The van der Waals surface area contributed by atoms with Crippen molar-refractivity contribution in [3.05, 3.63) is 52.6 Å². The van der Waals surface area contributed by atoms with Crippen LogP contribution in [0.25, 0.3) is 0 Å². The number of imidazole rings is 1. The monoisotopic (exact) mass is 296 g/mol. The van der Waals surface area contributed by atoms with Gasteiger partial charge in [-0.25, -0.2) is 4.98 Å². The van der Waals surface area contributed by atoms with E-state index in [9.17, 15) is 0 Å². The summed E-state index contributed by atoms with van der Waals surface area (Å²) >= 11 is 0. The third-order valence-corrected chi connectivity index (χ3v) is 5.00. The minimum absolute atomic E-state index is 1.02. The number of benzene rings is 1. The van der Waals surface area contributed by atoms with Gasteiger partial charge in [0.1, 0.15) is 0 Å². The molecule has 2 aliphatic rings. The lowest BCUT2D eigenvalue weighted by Crippen LogP contribution is -2.31. The molecule has 0 radical (unpaired) electrons. The van der Waals surface area contributed by atoms with E-state index in [1.807, 2.05) is 6.33 Å². The van der Waals surface area contributed by atoms with Gasteiger partial charge in [-0.15, -0.1) is 0 Å².